The molecule has 2 aromatic carbocycles. The van der Waals surface area contributed by atoms with Crippen molar-refractivity contribution >= 4 is 35.2 Å². The largest absolute Gasteiger partial charge is 0.481 e. The second-order valence-corrected chi connectivity index (χ2v) is 24.5. The zero-order valence-electron chi connectivity index (χ0n) is 44.5. The number of nitrogens with zero attached hydrogens (tertiary/aromatic N) is 3. The topological polar surface area (TPSA) is 129 Å². The van der Waals surface area contributed by atoms with Gasteiger partial charge in [-0.3, -0.25) is 9.59 Å². The number of hydrogen-bond donors (Lipinski definition) is 2. The third-order valence-electron chi connectivity index (χ3n) is 17.0. The maximum absolute atomic E-state index is 13.9. The molecule has 11 heteroatoms. The third kappa shape index (κ3) is 12.9. The van der Waals surface area contributed by atoms with Gasteiger partial charge in [-0.15, -0.1) is 0 Å². The SMILES string of the molecule is CN(CC1CCC(C(=O)N2CCC3=C(Cc4ccccc43)C2C2CCC2)CC1)C(=O)OC(C)(C)C.CN(CC1CCC(C(=O)O)CC1)C(=O)OC(C)(C)C.c1ccc2c(c1)CC1=C2CCNC1C1CCC1. The van der Waals surface area contributed by atoms with E-state index in [0.717, 1.165) is 63.8 Å². The molecule has 0 aromatic heterocycles. The van der Waals surface area contributed by atoms with Gasteiger partial charge < -0.3 is 34.6 Å². The molecule has 0 spiro atoms. The molecule has 2 aliphatic heterocycles. The van der Waals surface area contributed by atoms with Gasteiger partial charge in [0.2, 0.25) is 5.91 Å². The fourth-order valence-electron chi connectivity index (χ4n) is 12.9. The number of rotatable bonds is 8. The molecule has 6 aliphatic carbocycles. The number of ether oxygens (including phenoxy) is 2. The lowest BCUT2D eigenvalue weighted by atomic mass is 9.73. The molecule has 2 unspecified atom stereocenters. The summed E-state index contributed by atoms with van der Waals surface area (Å²) >= 11 is 0. The number of hydrogen-bond acceptors (Lipinski definition) is 7. The van der Waals surface area contributed by atoms with Gasteiger partial charge in [0.15, 0.2) is 0 Å². The number of benzene rings is 2. The van der Waals surface area contributed by atoms with E-state index >= 15 is 0 Å². The minimum Gasteiger partial charge on any atom is -0.481 e. The van der Waals surface area contributed by atoms with Crippen molar-refractivity contribution < 1.29 is 33.8 Å². The van der Waals surface area contributed by atoms with Crippen LogP contribution in [0.1, 0.15) is 167 Å². The fourth-order valence-corrected chi connectivity index (χ4v) is 12.9. The highest BCUT2D eigenvalue weighted by atomic mass is 16.6. The van der Waals surface area contributed by atoms with Gasteiger partial charge >= 0.3 is 18.2 Å². The van der Waals surface area contributed by atoms with Crippen LogP contribution >= 0.6 is 0 Å². The molecule has 71 heavy (non-hydrogen) atoms. The number of aliphatic carboxylic acids is 1. The van der Waals surface area contributed by atoms with Crippen LogP contribution in [0.4, 0.5) is 9.59 Å². The summed E-state index contributed by atoms with van der Waals surface area (Å²) in [4.78, 5) is 54.5. The van der Waals surface area contributed by atoms with Gasteiger partial charge in [0.1, 0.15) is 11.2 Å². The van der Waals surface area contributed by atoms with Crippen LogP contribution in [0.5, 0.6) is 0 Å². The van der Waals surface area contributed by atoms with Crippen LogP contribution in [0.2, 0.25) is 0 Å². The first-order valence-corrected chi connectivity index (χ1v) is 27.6. The van der Waals surface area contributed by atoms with Crippen molar-refractivity contribution in [1.29, 1.82) is 0 Å². The van der Waals surface area contributed by atoms with Crippen LogP contribution in [0, 0.1) is 35.5 Å². The van der Waals surface area contributed by atoms with Crippen molar-refractivity contribution in [3.05, 3.63) is 81.9 Å². The monoisotopic (exact) mass is 975 g/mol. The Hall–Kier alpha value is -4.64. The number of carboxylic acid groups (broad SMARTS) is 1. The molecule has 8 aliphatic rings. The predicted octanol–water partition coefficient (Wildman–Crippen LogP) is 12.0. The van der Waals surface area contributed by atoms with E-state index in [1.807, 2.05) is 48.6 Å². The smallest absolute Gasteiger partial charge is 0.410 e. The quantitative estimate of drug-likeness (QED) is 0.268. The molecule has 388 valence electrons. The highest BCUT2D eigenvalue weighted by molar-refractivity contribution is 5.85. The number of fused-ring (bicyclic) bond motifs is 4. The normalized spacial score (nSPS) is 26.1. The van der Waals surface area contributed by atoms with Crippen molar-refractivity contribution in [3.63, 3.8) is 0 Å². The summed E-state index contributed by atoms with van der Waals surface area (Å²) in [7, 11) is 3.56. The first-order chi connectivity index (χ1) is 33.8. The van der Waals surface area contributed by atoms with E-state index in [1.165, 1.54) is 74.6 Å². The standard InChI is InChI=1S/C30H42N2O3.C16H19N.C14H25NO4/c1-30(2,3)35-29(34)31(4)19-20-12-14-22(15-13-20)28(33)32-17-16-25-24-11-6-5-8-23(24)18-26(25)27(32)21-9-7-10-21;1-2-7-13-12(4-1)10-15-14(13)8-9-17-16(15)11-5-3-6-11;1-14(2,3)19-13(18)15(4)9-10-5-7-11(8-6-10)12(16)17/h5-6,8,11,20-22,27H,7,9-10,12-19H2,1-4H3;1-2,4,7,11,16-17H,3,5-6,8-10H2;10-11H,5-9H2,1-4H3,(H,16,17). The Balaban J connectivity index is 0.000000158. The maximum atomic E-state index is 13.9. The molecule has 0 saturated heterocycles. The van der Waals surface area contributed by atoms with E-state index in [2.05, 4.69) is 58.7 Å². The van der Waals surface area contributed by atoms with E-state index in [9.17, 15) is 19.2 Å². The second-order valence-electron chi connectivity index (χ2n) is 24.5. The second kappa shape index (κ2) is 22.6. The Morgan fingerprint density at radius 1 is 0.620 bits per heavy atom. The van der Waals surface area contributed by atoms with Gasteiger partial charge in [0.05, 0.1) is 12.0 Å². The summed E-state index contributed by atoms with van der Waals surface area (Å²) in [6.45, 7) is 14.6. The van der Waals surface area contributed by atoms with Crippen molar-refractivity contribution in [2.75, 3.05) is 40.3 Å². The van der Waals surface area contributed by atoms with Crippen LogP contribution in [0.25, 0.3) is 11.1 Å². The summed E-state index contributed by atoms with van der Waals surface area (Å²) in [5.41, 5.74) is 11.5. The summed E-state index contributed by atoms with van der Waals surface area (Å²) in [5, 5.41) is 12.7. The van der Waals surface area contributed by atoms with E-state index in [4.69, 9.17) is 14.6 Å². The lowest BCUT2D eigenvalue weighted by Crippen LogP contribution is -2.52. The van der Waals surface area contributed by atoms with Crippen LogP contribution in [-0.4, -0.2) is 107 Å². The first-order valence-electron chi connectivity index (χ1n) is 27.6. The molecule has 2 aromatic rings. The molecule has 2 atom stereocenters. The highest BCUT2D eigenvalue weighted by Crippen LogP contribution is 2.48. The minimum atomic E-state index is -0.695. The third-order valence-corrected chi connectivity index (χ3v) is 17.0. The van der Waals surface area contributed by atoms with Gasteiger partial charge in [-0.25, -0.2) is 9.59 Å². The molecule has 11 nitrogen and oxygen atoms in total. The zero-order valence-corrected chi connectivity index (χ0v) is 44.5. The molecule has 0 bridgehead atoms. The van der Waals surface area contributed by atoms with Gasteiger partial charge in [-0.2, -0.15) is 0 Å². The van der Waals surface area contributed by atoms with Crippen molar-refractivity contribution in [1.82, 2.24) is 20.0 Å². The van der Waals surface area contributed by atoms with Crippen molar-refractivity contribution in [3.8, 4) is 0 Å². The summed E-state index contributed by atoms with van der Waals surface area (Å²) in [6, 6.07) is 18.9. The van der Waals surface area contributed by atoms with E-state index < -0.39 is 17.2 Å². The maximum Gasteiger partial charge on any atom is 0.410 e. The van der Waals surface area contributed by atoms with Crippen LogP contribution in [-0.2, 0) is 31.9 Å². The summed E-state index contributed by atoms with van der Waals surface area (Å²) in [6.07, 6.45) is 19.1. The van der Waals surface area contributed by atoms with Crippen LogP contribution in [0.15, 0.2) is 59.7 Å². The molecule has 3 amide bonds. The molecule has 10 rings (SSSR count). The molecular formula is C60H86N4O7. The molecule has 0 radical (unpaired) electrons. The average Bonchev–Trinajstić information content (AvgIpc) is 3.87. The van der Waals surface area contributed by atoms with Gasteiger partial charge in [-0.05, 0) is 219 Å². The number of carbonyl (C=O) groups is 4. The van der Waals surface area contributed by atoms with E-state index in [1.54, 1.807) is 44.7 Å². The Bertz CT molecular complexity index is 2280. The number of nitrogens with one attached hydrogen (secondary N) is 1. The molecule has 4 fully saturated rings. The Morgan fingerprint density at radius 2 is 1.08 bits per heavy atom. The van der Waals surface area contributed by atoms with Gasteiger partial charge in [0, 0.05) is 45.7 Å². The van der Waals surface area contributed by atoms with E-state index in [-0.39, 0.29) is 24.0 Å². The van der Waals surface area contributed by atoms with Crippen molar-refractivity contribution in [2.45, 2.75) is 180 Å². The number of amides is 3. The Kier molecular flexibility index (Phi) is 16.8. The van der Waals surface area contributed by atoms with Crippen molar-refractivity contribution in [2.24, 2.45) is 35.5 Å². The first kappa shape index (κ1) is 52.7. The number of carboxylic acids is 1. The van der Waals surface area contributed by atoms with Crippen LogP contribution < -0.4 is 5.32 Å². The highest BCUT2D eigenvalue weighted by Gasteiger charge is 2.44. The number of carbonyl (C=O) groups excluding carboxylic acids is 3. The molecule has 2 N–H and O–H groups in total. The van der Waals surface area contributed by atoms with E-state index in [0.29, 0.717) is 61.7 Å². The fraction of sp³-hybridized carbons (Fsp3) is 0.667. The molecule has 4 saturated carbocycles. The average molecular weight is 975 g/mol. The molecule has 2 heterocycles. The van der Waals surface area contributed by atoms with Gasteiger partial charge in [0.25, 0.3) is 0 Å². The Labute approximate surface area is 425 Å². The zero-order chi connectivity index (χ0) is 50.6. The lowest BCUT2D eigenvalue weighted by Gasteiger charge is -2.46. The molecular weight excluding hydrogens is 889 g/mol. The minimum absolute atomic E-state index is 0.131. The predicted molar refractivity (Wildman–Crippen MR) is 282 cm³/mol. The van der Waals surface area contributed by atoms with Gasteiger partial charge in [-0.1, -0.05) is 61.4 Å². The lowest BCUT2D eigenvalue weighted by molar-refractivity contribution is -0.143. The summed E-state index contributed by atoms with van der Waals surface area (Å²) in [5.74, 6) is 2.01. The summed E-state index contributed by atoms with van der Waals surface area (Å²) < 4.78 is 10.8. The Morgan fingerprint density at radius 3 is 1.55 bits per heavy atom. The van der Waals surface area contributed by atoms with Crippen LogP contribution in [0.3, 0.4) is 0 Å².